The molecule has 0 aromatic carbocycles. The van der Waals surface area contributed by atoms with Crippen LogP contribution in [0.5, 0.6) is 0 Å². The molecule has 0 aromatic rings. The maximum atomic E-state index is 11.4. The summed E-state index contributed by atoms with van der Waals surface area (Å²) >= 11 is 0. The van der Waals surface area contributed by atoms with Gasteiger partial charge in [-0.15, -0.1) is 0 Å². The largest absolute Gasteiger partial charge is 1.00 e. The van der Waals surface area contributed by atoms with E-state index in [1.165, 1.54) is 51.0 Å². The Morgan fingerprint density at radius 3 is 2.17 bits per heavy atom. The van der Waals surface area contributed by atoms with Crippen molar-refractivity contribution in [1.82, 2.24) is 0 Å². The molecule has 0 spiro atoms. The van der Waals surface area contributed by atoms with Gasteiger partial charge in [0.05, 0.1) is 5.75 Å². The molecule has 0 aromatic heterocycles. The molecular weight excluding hydrogens is 353 g/mol. The SMILES string of the molecule is CCCCCCCCCC/C=C/C([O-])=NCCCCS(=O)(=O)O.[K+]. The molecule has 24 heavy (non-hydrogen) atoms. The molecule has 0 amide bonds. The van der Waals surface area contributed by atoms with Crippen LogP contribution in [0.3, 0.4) is 0 Å². The van der Waals surface area contributed by atoms with Crippen LogP contribution in [0.25, 0.3) is 0 Å². The average molecular weight is 386 g/mol. The van der Waals surface area contributed by atoms with Gasteiger partial charge in [0, 0.05) is 6.54 Å². The van der Waals surface area contributed by atoms with E-state index < -0.39 is 10.1 Å². The number of aliphatic imine (C=N–C) groups is 1. The van der Waals surface area contributed by atoms with Gasteiger partial charge in [-0.2, -0.15) is 8.42 Å². The molecule has 7 heteroatoms. The van der Waals surface area contributed by atoms with Gasteiger partial charge < -0.3 is 10.1 Å². The average Bonchev–Trinajstić information content (AvgIpc) is 2.47. The van der Waals surface area contributed by atoms with E-state index in [0.29, 0.717) is 19.4 Å². The van der Waals surface area contributed by atoms with Crippen molar-refractivity contribution in [3.05, 3.63) is 12.2 Å². The minimum Gasteiger partial charge on any atom is -0.859 e. The minimum absolute atomic E-state index is 0. The molecule has 1 N–H and O–H groups in total. The normalized spacial score (nSPS) is 12.5. The topological polar surface area (TPSA) is 89.8 Å². The second-order valence-corrected chi connectivity index (χ2v) is 7.45. The molecule has 0 aliphatic rings. The maximum Gasteiger partial charge on any atom is 1.00 e. The van der Waals surface area contributed by atoms with E-state index in [9.17, 15) is 13.5 Å². The quantitative estimate of drug-likeness (QED) is 0.146. The fourth-order valence-electron chi connectivity index (χ4n) is 2.22. The van der Waals surface area contributed by atoms with E-state index in [2.05, 4.69) is 11.9 Å². The molecule has 0 saturated heterocycles. The Labute approximate surface area is 190 Å². The summed E-state index contributed by atoms with van der Waals surface area (Å²) in [6.07, 6.45) is 15.2. The van der Waals surface area contributed by atoms with Crippen LogP contribution < -0.4 is 56.5 Å². The van der Waals surface area contributed by atoms with Crippen LogP contribution in [0.15, 0.2) is 17.1 Å². The summed E-state index contributed by atoms with van der Waals surface area (Å²) in [5.74, 6) is -0.540. The zero-order chi connectivity index (χ0) is 17.4. The van der Waals surface area contributed by atoms with Crippen LogP contribution in [0.1, 0.15) is 77.6 Å². The minimum atomic E-state index is -3.90. The first-order valence-corrected chi connectivity index (χ1v) is 10.4. The molecule has 0 aliphatic heterocycles. The van der Waals surface area contributed by atoms with E-state index in [1.54, 1.807) is 0 Å². The fourth-order valence-corrected chi connectivity index (χ4v) is 2.79. The van der Waals surface area contributed by atoms with Crippen molar-refractivity contribution in [1.29, 1.82) is 0 Å². The molecule has 0 rings (SSSR count). The molecule has 0 fully saturated rings. The third kappa shape index (κ3) is 22.8. The van der Waals surface area contributed by atoms with E-state index >= 15 is 0 Å². The van der Waals surface area contributed by atoms with E-state index in [0.717, 1.165) is 12.8 Å². The standard InChI is InChI=1S/C17H33NO4S.K/c1-2-3-4-5-6-7-8-9-10-11-14-17(19)18-15-12-13-16-23(20,21)22;/h11,14H,2-10,12-13,15-16H2,1H3,(H,18,19)(H,20,21,22);/q;+1/p-1/b14-11+;. The number of hydrogen-bond donors (Lipinski definition) is 1. The molecular formula is C17H32KNO4S. The summed E-state index contributed by atoms with van der Waals surface area (Å²) in [6.45, 7) is 2.52. The fraction of sp³-hybridized carbons (Fsp3) is 0.824. The van der Waals surface area contributed by atoms with Crippen LogP contribution in [0, 0.1) is 0 Å². The van der Waals surface area contributed by atoms with Crippen LogP contribution in [-0.2, 0) is 10.1 Å². The molecule has 0 bridgehead atoms. The molecule has 136 valence electrons. The maximum absolute atomic E-state index is 11.4. The van der Waals surface area contributed by atoms with E-state index in [4.69, 9.17) is 4.55 Å². The number of allylic oxidation sites excluding steroid dienone is 1. The zero-order valence-electron chi connectivity index (χ0n) is 15.4. The number of unbranched alkanes of at least 4 members (excludes halogenated alkanes) is 9. The summed E-state index contributed by atoms with van der Waals surface area (Å²) in [4.78, 5) is 3.82. The van der Waals surface area contributed by atoms with Gasteiger partial charge in [-0.3, -0.25) is 4.55 Å². The first kappa shape index (κ1) is 27.0. The summed E-state index contributed by atoms with van der Waals surface area (Å²) in [5, 5.41) is 11.4. The van der Waals surface area contributed by atoms with Crippen molar-refractivity contribution in [2.24, 2.45) is 4.99 Å². The Bertz CT molecular complexity index is 436. The first-order chi connectivity index (χ1) is 11.0. The Morgan fingerprint density at radius 1 is 1.00 bits per heavy atom. The van der Waals surface area contributed by atoms with Gasteiger partial charge in [0.25, 0.3) is 10.1 Å². The van der Waals surface area contributed by atoms with Crippen molar-refractivity contribution in [3.63, 3.8) is 0 Å². The Hall–Kier alpha value is 0.756. The first-order valence-electron chi connectivity index (χ1n) is 8.79. The van der Waals surface area contributed by atoms with Gasteiger partial charge in [0.1, 0.15) is 0 Å². The molecule has 0 heterocycles. The summed E-state index contributed by atoms with van der Waals surface area (Å²) in [7, 11) is -3.90. The number of rotatable bonds is 15. The zero-order valence-corrected chi connectivity index (χ0v) is 19.3. The summed E-state index contributed by atoms with van der Waals surface area (Å²) < 4.78 is 29.5. The van der Waals surface area contributed by atoms with Gasteiger partial charge >= 0.3 is 51.4 Å². The third-order valence-electron chi connectivity index (χ3n) is 3.56. The molecule has 5 nitrogen and oxygen atoms in total. The van der Waals surface area contributed by atoms with Gasteiger partial charge in [-0.1, -0.05) is 64.0 Å². The van der Waals surface area contributed by atoms with Crippen molar-refractivity contribution in [3.8, 4) is 0 Å². The van der Waals surface area contributed by atoms with Gasteiger partial charge in [0.2, 0.25) is 0 Å². The van der Waals surface area contributed by atoms with Crippen LogP contribution in [0.4, 0.5) is 0 Å². The van der Waals surface area contributed by atoms with Gasteiger partial charge in [-0.25, -0.2) is 0 Å². The molecule has 0 atom stereocenters. The van der Waals surface area contributed by atoms with Gasteiger partial charge in [-0.05, 0) is 31.6 Å². The van der Waals surface area contributed by atoms with E-state index in [1.807, 2.05) is 6.08 Å². The van der Waals surface area contributed by atoms with Crippen molar-refractivity contribution in [2.45, 2.75) is 77.6 Å². The number of hydrogen-bond acceptors (Lipinski definition) is 4. The summed E-state index contributed by atoms with van der Waals surface area (Å²) in [5.41, 5.74) is 0. The predicted octanol–water partition coefficient (Wildman–Crippen LogP) is 0.504. The molecule has 0 radical (unpaired) electrons. The number of nitrogens with zero attached hydrogens (tertiary/aromatic N) is 1. The van der Waals surface area contributed by atoms with Crippen LogP contribution >= 0.6 is 0 Å². The van der Waals surface area contributed by atoms with Crippen molar-refractivity contribution in [2.75, 3.05) is 12.3 Å². The Kier molecular flexibility index (Phi) is 20.8. The molecule has 0 unspecified atom stereocenters. The van der Waals surface area contributed by atoms with E-state index in [-0.39, 0.29) is 63.0 Å². The van der Waals surface area contributed by atoms with Crippen LogP contribution in [0.2, 0.25) is 0 Å². The third-order valence-corrected chi connectivity index (χ3v) is 4.37. The molecule has 0 saturated carbocycles. The van der Waals surface area contributed by atoms with Crippen molar-refractivity contribution >= 4 is 16.0 Å². The van der Waals surface area contributed by atoms with Crippen molar-refractivity contribution < 1.29 is 69.5 Å². The predicted molar refractivity (Wildman–Crippen MR) is 94.3 cm³/mol. The monoisotopic (exact) mass is 385 g/mol. The smallest absolute Gasteiger partial charge is 0.859 e. The Balaban J connectivity index is 0. The summed E-state index contributed by atoms with van der Waals surface area (Å²) in [6, 6.07) is 0. The second kappa shape index (κ2) is 18.5. The van der Waals surface area contributed by atoms with Gasteiger partial charge in [0.15, 0.2) is 0 Å². The van der Waals surface area contributed by atoms with Crippen LogP contribution in [-0.4, -0.2) is 31.2 Å². The Morgan fingerprint density at radius 2 is 1.58 bits per heavy atom. The molecule has 0 aliphatic carbocycles. The second-order valence-electron chi connectivity index (χ2n) is 5.88.